The van der Waals surface area contributed by atoms with Crippen molar-refractivity contribution in [3.05, 3.63) is 63.7 Å². The molecule has 2 rings (SSSR count). The molecule has 0 N–H and O–H groups in total. The topological polar surface area (TPSA) is 133 Å². The highest BCUT2D eigenvalue weighted by atomic mass is 32.2. The number of benzene rings is 2. The lowest BCUT2D eigenvalue weighted by atomic mass is 10.2. The molecule has 0 aromatic heterocycles. The van der Waals surface area contributed by atoms with Crippen molar-refractivity contribution in [3.63, 3.8) is 0 Å². The molecule has 2 aromatic carbocycles. The van der Waals surface area contributed by atoms with Crippen LogP contribution in [0.15, 0.2) is 47.4 Å². The van der Waals surface area contributed by atoms with Gasteiger partial charge < -0.3 is 9.47 Å². The zero-order chi connectivity index (χ0) is 22.5. The van der Waals surface area contributed by atoms with E-state index in [4.69, 9.17) is 4.74 Å². The number of carbonyl (C=O) groups is 2. The van der Waals surface area contributed by atoms with Gasteiger partial charge in [-0.2, -0.15) is 0 Å². The maximum absolute atomic E-state index is 13.3. The van der Waals surface area contributed by atoms with Gasteiger partial charge in [-0.1, -0.05) is 18.2 Å². The Kier molecular flexibility index (Phi) is 7.11. The van der Waals surface area contributed by atoms with Crippen molar-refractivity contribution in [2.45, 2.75) is 18.7 Å². The number of anilines is 1. The summed E-state index contributed by atoms with van der Waals surface area (Å²) in [6, 6.07) is 9.06. The van der Waals surface area contributed by atoms with E-state index in [0.29, 0.717) is 4.31 Å². The molecular weight excluding hydrogens is 416 g/mol. The van der Waals surface area contributed by atoms with Crippen LogP contribution in [0.1, 0.15) is 22.8 Å². The average Bonchev–Trinajstić information content (AvgIpc) is 2.71. The maximum atomic E-state index is 13.3. The molecule has 0 atom stereocenters. The van der Waals surface area contributed by atoms with Gasteiger partial charge in [-0.3, -0.25) is 19.2 Å². The summed E-state index contributed by atoms with van der Waals surface area (Å²) in [6.07, 6.45) is 0. The number of nitrogens with zero attached hydrogens (tertiary/aromatic N) is 2. The second kappa shape index (κ2) is 9.35. The zero-order valence-corrected chi connectivity index (χ0v) is 17.3. The normalized spacial score (nSPS) is 10.9. The summed E-state index contributed by atoms with van der Waals surface area (Å²) < 4.78 is 36.9. The summed E-state index contributed by atoms with van der Waals surface area (Å²) in [5.41, 5.74) is -0.337. The molecule has 160 valence electrons. The Morgan fingerprint density at radius 2 is 1.83 bits per heavy atom. The highest BCUT2D eigenvalue weighted by Gasteiger charge is 2.32. The molecule has 0 spiro atoms. The van der Waals surface area contributed by atoms with Gasteiger partial charge in [0.05, 0.1) is 34.8 Å². The standard InChI is InChI=1S/C19H20N2O8S/c1-4-29-19(23)15-7-5-6-8-16(15)20(12-18(22)28-3)30(26,27)14-10-9-13(2)17(11-14)21(24)25/h5-11H,4,12H2,1-3H3. The van der Waals surface area contributed by atoms with Gasteiger partial charge >= 0.3 is 11.9 Å². The monoisotopic (exact) mass is 436 g/mol. The molecule has 0 saturated carbocycles. The van der Waals surface area contributed by atoms with Crippen molar-refractivity contribution in [1.29, 1.82) is 0 Å². The molecule has 0 aliphatic heterocycles. The number of para-hydroxylation sites is 1. The molecule has 0 saturated heterocycles. The summed E-state index contributed by atoms with van der Waals surface area (Å²) in [5, 5.41) is 11.2. The van der Waals surface area contributed by atoms with Gasteiger partial charge in [-0.25, -0.2) is 13.2 Å². The number of carbonyl (C=O) groups excluding carboxylic acids is 2. The van der Waals surface area contributed by atoms with Crippen molar-refractivity contribution in [2.24, 2.45) is 0 Å². The molecule has 11 heteroatoms. The van der Waals surface area contributed by atoms with Gasteiger partial charge in [0, 0.05) is 11.6 Å². The number of esters is 2. The van der Waals surface area contributed by atoms with E-state index in [1.165, 1.54) is 43.3 Å². The van der Waals surface area contributed by atoms with Crippen molar-refractivity contribution in [2.75, 3.05) is 24.6 Å². The largest absolute Gasteiger partial charge is 0.468 e. The number of ether oxygens (including phenoxy) is 2. The number of hydrogen-bond donors (Lipinski definition) is 0. The van der Waals surface area contributed by atoms with Gasteiger partial charge in [0.15, 0.2) is 0 Å². The first-order chi connectivity index (χ1) is 14.1. The quantitative estimate of drug-likeness (QED) is 0.350. The summed E-state index contributed by atoms with van der Waals surface area (Å²) in [7, 11) is -3.40. The van der Waals surface area contributed by atoms with E-state index >= 15 is 0 Å². The highest BCUT2D eigenvalue weighted by molar-refractivity contribution is 7.92. The summed E-state index contributed by atoms with van der Waals surface area (Å²) >= 11 is 0. The first-order valence-electron chi connectivity index (χ1n) is 8.74. The number of nitro benzene ring substituents is 1. The van der Waals surface area contributed by atoms with E-state index in [1.807, 2.05) is 0 Å². The van der Waals surface area contributed by atoms with Gasteiger partial charge in [0.2, 0.25) is 0 Å². The molecule has 10 nitrogen and oxygen atoms in total. The van der Waals surface area contributed by atoms with E-state index in [1.54, 1.807) is 6.92 Å². The Bertz CT molecular complexity index is 1080. The fourth-order valence-electron chi connectivity index (χ4n) is 2.63. The Morgan fingerprint density at radius 3 is 2.43 bits per heavy atom. The minimum absolute atomic E-state index is 0.0566. The highest BCUT2D eigenvalue weighted by Crippen LogP contribution is 2.30. The number of rotatable bonds is 8. The number of nitro groups is 1. The molecule has 30 heavy (non-hydrogen) atoms. The number of sulfonamides is 1. The Hall–Kier alpha value is -3.47. The first-order valence-corrected chi connectivity index (χ1v) is 10.2. The molecular formula is C19H20N2O8S. The fraction of sp³-hybridized carbons (Fsp3) is 0.263. The van der Waals surface area contributed by atoms with E-state index in [2.05, 4.69) is 4.74 Å². The van der Waals surface area contributed by atoms with E-state index in [0.717, 1.165) is 13.2 Å². The second-order valence-electron chi connectivity index (χ2n) is 6.03. The third-order valence-corrected chi connectivity index (χ3v) is 5.89. The molecule has 0 aliphatic carbocycles. The van der Waals surface area contributed by atoms with Crippen molar-refractivity contribution in [1.82, 2.24) is 0 Å². The zero-order valence-electron chi connectivity index (χ0n) is 16.5. The van der Waals surface area contributed by atoms with E-state index in [-0.39, 0.29) is 23.4 Å². The summed E-state index contributed by atoms with van der Waals surface area (Å²) in [4.78, 5) is 34.4. The van der Waals surface area contributed by atoms with Crippen LogP contribution in [0.25, 0.3) is 0 Å². The van der Waals surface area contributed by atoms with Gasteiger partial charge in [0.1, 0.15) is 6.54 Å². The van der Waals surface area contributed by atoms with Gasteiger partial charge in [-0.15, -0.1) is 0 Å². The number of methoxy groups -OCH3 is 1. The van der Waals surface area contributed by atoms with Crippen molar-refractivity contribution >= 4 is 33.3 Å². The van der Waals surface area contributed by atoms with Crippen LogP contribution < -0.4 is 4.31 Å². The lowest BCUT2D eigenvalue weighted by molar-refractivity contribution is -0.385. The first kappa shape index (κ1) is 22.8. The summed E-state index contributed by atoms with van der Waals surface area (Å²) in [5.74, 6) is -1.67. The molecule has 2 aromatic rings. The van der Waals surface area contributed by atoms with E-state index in [9.17, 15) is 28.1 Å². The van der Waals surface area contributed by atoms with Crippen molar-refractivity contribution in [3.8, 4) is 0 Å². The fourth-order valence-corrected chi connectivity index (χ4v) is 4.08. The molecule has 0 bridgehead atoms. The molecule has 0 heterocycles. The van der Waals surface area contributed by atoms with Crippen LogP contribution in [-0.4, -0.2) is 45.5 Å². The van der Waals surface area contributed by atoms with Crippen LogP contribution in [-0.2, 0) is 24.3 Å². The molecule has 0 fully saturated rings. The Balaban J connectivity index is 2.69. The summed E-state index contributed by atoms with van der Waals surface area (Å²) in [6.45, 7) is 2.36. The van der Waals surface area contributed by atoms with Crippen LogP contribution in [0.3, 0.4) is 0 Å². The predicted octanol–water partition coefficient (Wildman–Crippen LogP) is 2.45. The predicted molar refractivity (Wildman–Crippen MR) is 107 cm³/mol. The Morgan fingerprint density at radius 1 is 1.17 bits per heavy atom. The minimum Gasteiger partial charge on any atom is -0.468 e. The third kappa shape index (κ3) is 4.74. The molecule has 0 radical (unpaired) electrons. The number of hydrogen-bond acceptors (Lipinski definition) is 8. The van der Waals surface area contributed by atoms with Crippen LogP contribution in [0, 0.1) is 17.0 Å². The van der Waals surface area contributed by atoms with Crippen LogP contribution in [0.5, 0.6) is 0 Å². The van der Waals surface area contributed by atoms with Gasteiger partial charge in [0.25, 0.3) is 15.7 Å². The van der Waals surface area contributed by atoms with Crippen LogP contribution in [0.4, 0.5) is 11.4 Å². The smallest absolute Gasteiger partial charge is 0.340 e. The third-order valence-electron chi connectivity index (χ3n) is 4.13. The minimum atomic E-state index is -4.48. The molecule has 0 aliphatic rings. The number of aryl methyl sites for hydroxylation is 1. The van der Waals surface area contributed by atoms with Crippen LogP contribution >= 0.6 is 0 Å². The van der Waals surface area contributed by atoms with Crippen molar-refractivity contribution < 1.29 is 32.4 Å². The van der Waals surface area contributed by atoms with Crippen LogP contribution in [0.2, 0.25) is 0 Å². The molecule has 0 amide bonds. The van der Waals surface area contributed by atoms with Gasteiger partial charge in [-0.05, 0) is 32.0 Å². The molecule has 0 unspecified atom stereocenters. The average molecular weight is 436 g/mol. The Labute approximate surface area is 173 Å². The lowest BCUT2D eigenvalue weighted by Gasteiger charge is -2.25. The lowest BCUT2D eigenvalue weighted by Crippen LogP contribution is -2.37. The second-order valence-corrected chi connectivity index (χ2v) is 7.89. The SMILES string of the molecule is CCOC(=O)c1ccccc1N(CC(=O)OC)S(=O)(=O)c1ccc(C)c([N+](=O)[O-])c1. The maximum Gasteiger partial charge on any atom is 0.340 e. The van der Waals surface area contributed by atoms with E-state index < -0.39 is 44.0 Å².